The number of nitrogens with zero attached hydrogens (tertiary/aromatic N) is 3. The van der Waals surface area contributed by atoms with Gasteiger partial charge in [0.1, 0.15) is 0 Å². The number of aromatic nitrogens is 3. The van der Waals surface area contributed by atoms with Crippen molar-refractivity contribution in [3.8, 4) is 11.1 Å². The van der Waals surface area contributed by atoms with Gasteiger partial charge in [0.2, 0.25) is 0 Å². The van der Waals surface area contributed by atoms with Crippen molar-refractivity contribution < 1.29 is 4.79 Å². The Morgan fingerprint density at radius 1 is 1.10 bits per heavy atom. The van der Waals surface area contributed by atoms with E-state index in [0.29, 0.717) is 17.1 Å². The average Bonchev–Trinajstić information content (AvgIpc) is 3.04. The van der Waals surface area contributed by atoms with Crippen LogP contribution in [0, 0.1) is 20.8 Å². The molecule has 0 radical (unpaired) electrons. The topological polar surface area (TPSA) is 59.3 Å². The number of nitrogens with one attached hydrogen (secondary N) is 1. The smallest absolute Gasteiger partial charge is 0.254 e. The van der Waals surface area contributed by atoms with Crippen molar-refractivity contribution in [3.05, 3.63) is 87.8 Å². The van der Waals surface area contributed by atoms with Crippen molar-refractivity contribution in [1.82, 2.24) is 19.9 Å². The Labute approximate surface area is 174 Å². The summed E-state index contributed by atoms with van der Waals surface area (Å²) in [6.45, 7) is 6.25. The molecule has 0 atom stereocenters. The van der Waals surface area contributed by atoms with E-state index in [4.69, 9.17) is 11.6 Å². The molecule has 0 saturated carbocycles. The lowest BCUT2D eigenvalue weighted by molar-refractivity contribution is 0.0949. The van der Waals surface area contributed by atoms with Crippen LogP contribution in [0.1, 0.15) is 32.9 Å². The second-order valence-electron chi connectivity index (χ2n) is 7.10. The van der Waals surface area contributed by atoms with Crippen molar-refractivity contribution in [3.63, 3.8) is 0 Å². The second kappa shape index (κ2) is 7.68. The first-order chi connectivity index (χ1) is 14.0. The van der Waals surface area contributed by atoms with Gasteiger partial charge in [-0.1, -0.05) is 59.6 Å². The number of fused-ring (bicyclic) bond motifs is 1. The minimum atomic E-state index is -0.206. The van der Waals surface area contributed by atoms with Crippen LogP contribution in [0.4, 0.5) is 0 Å². The predicted molar refractivity (Wildman–Crippen MR) is 115 cm³/mol. The Morgan fingerprint density at radius 2 is 1.90 bits per heavy atom. The third-order valence-corrected chi connectivity index (χ3v) is 5.38. The molecule has 0 fully saturated rings. The normalized spacial score (nSPS) is 11.0. The van der Waals surface area contributed by atoms with Crippen LogP contribution >= 0.6 is 11.6 Å². The highest BCUT2D eigenvalue weighted by atomic mass is 35.5. The van der Waals surface area contributed by atoms with E-state index in [9.17, 15) is 4.79 Å². The molecule has 2 aromatic carbocycles. The predicted octanol–water partition coefficient (Wildman–Crippen LogP) is 4.90. The number of benzene rings is 2. The lowest BCUT2D eigenvalue weighted by atomic mass is 10.0. The van der Waals surface area contributed by atoms with E-state index < -0.39 is 0 Å². The molecule has 0 spiro atoms. The Bertz CT molecular complexity index is 1230. The lowest BCUT2D eigenvalue weighted by Crippen LogP contribution is -2.25. The number of carbonyl (C=O) groups is 1. The first-order valence-electron chi connectivity index (χ1n) is 9.39. The van der Waals surface area contributed by atoms with Crippen LogP contribution in [-0.4, -0.2) is 20.5 Å². The average molecular weight is 405 g/mol. The van der Waals surface area contributed by atoms with Gasteiger partial charge in [-0.3, -0.25) is 4.79 Å². The van der Waals surface area contributed by atoms with Gasteiger partial charge in [-0.15, -0.1) is 0 Å². The van der Waals surface area contributed by atoms with E-state index in [1.807, 2.05) is 38.1 Å². The second-order valence-corrected chi connectivity index (χ2v) is 7.50. The highest BCUT2D eigenvalue weighted by Crippen LogP contribution is 2.28. The van der Waals surface area contributed by atoms with Crippen LogP contribution in [0.15, 0.2) is 54.7 Å². The fourth-order valence-electron chi connectivity index (χ4n) is 3.48. The first kappa shape index (κ1) is 19.2. The third-order valence-electron chi connectivity index (χ3n) is 5.01. The number of hydrogen-bond donors (Lipinski definition) is 1. The van der Waals surface area contributed by atoms with Crippen molar-refractivity contribution in [1.29, 1.82) is 0 Å². The molecule has 4 rings (SSSR count). The molecular weight excluding hydrogens is 384 g/mol. The maximum absolute atomic E-state index is 12.8. The number of halogens is 1. The molecule has 1 amide bonds. The van der Waals surface area contributed by atoms with Crippen molar-refractivity contribution in [2.45, 2.75) is 27.3 Å². The Hall–Kier alpha value is -3.18. The minimum Gasteiger partial charge on any atom is -0.348 e. The largest absolute Gasteiger partial charge is 0.348 e. The van der Waals surface area contributed by atoms with Gasteiger partial charge < -0.3 is 5.32 Å². The van der Waals surface area contributed by atoms with Gasteiger partial charge in [0.15, 0.2) is 5.65 Å². The van der Waals surface area contributed by atoms with Gasteiger partial charge in [-0.25, -0.2) is 9.50 Å². The van der Waals surface area contributed by atoms with Crippen LogP contribution in [0.5, 0.6) is 0 Å². The number of hydrogen-bond acceptors (Lipinski definition) is 3. The molecule has 29 heavy (non-hydrogen) atoms. The summed E-state index contributed by atoms with van der Waals surface area (Å²) in [4.78, 5) is 17.3. The van der Waals surface area contributed by atoms with E-state index in [-0.39, 0.29) is 5.91 Å². The summed E-state index contributed by atoms with van der Waals surface area (Å²) in [7, 11) is 0. The number of aryl methyl sites for hydroxylation is 3. The van der Waals surface area contributed by atoms with E-state index >= 15 is 0 Å². The van der Waals surface area contributed by atoms with Gasteiger partial charge in [-0.2, -0.15) is 5.10 Å². The van der Waals surface area contributed by atoms with Gasteiger partial charge in [0.25, 0.3) is 5.91 Å². The Morgan fingerprint density at radius 3 is 2.66 bits per heavy atom. The molecule has 0 aliphatic heterocycles. The fraction of sp³-hybridized carbons (Fsp3) is 0.174. The van der Waals surface area contributed by atoms with E-state index in [1.165, 1.54) is 5.56 Å². The molecule has 0 saturated heterocycles. The number of rotatable bonds is 4. The molecule has 2 aromatic heterocycles. The van der Waals surface area contributed by atoms with Crippen LogP contribution < -0.4 is 5.32 Å². The number of amides is 1. The molecule has 6 heteroatoms. The molecule has 0 aliphatic rings. The molecular formula is C23H21ClN4O. The van der Waals surface area contributed by atoms with Crippen LogP contribution in [-0.2, 0) is 6.54 Å². The summed E-state index contributed by atoms with van der Waals surface area (Å²) in [5.74, 6) is -0.206. The molecule has 0 unspecified atom stereocenters. The highest BCUT2D eigenvalue weighted by molar-refractivity contribution is 6.31. The standard InChI is InChI=1S/C23H21ClN4O/c1-14-7-6-9-17(11-14)21-15(2)27-28-16(3)19(13-25-22(21)28)23(29)26-12-18-8-4-5-10-20(18)24/h4-11,13H,12H2,1-3H3,(H,26,29). The van der Waals surface area contributed by atoms with Crippen molar-refractivity contribution in [2.24, 2.45) is 0 Å². The van der Waals surface area contributed by atoms with E-state index in [0.717, 1.165) is 33.7 Å². The third kappa shape index (κ3) is 3.61. The Balaban J connectivity index is 1.68. The quantitative estimate of drug-likeness (QED) is 0.526. The first-order valence-corrected chi connectivity index (χ1v) is 9.77. The molecule has 5 nitrogen and oxygen atoms in total. The molecule has 4 aromatic rings. The van der Waals surface area contributed by atoms with Gasteiger partial charge in [0, 0.05) is 23.3 Å². The summed E-state index contributed by atoms with van der Waals surface area (Å²) in [6.07, 6.45) is 1.62. The van der Waals surface area contributed by atoms with Crippen molar-refractivity contribution in [2.75, 3.05) is 0 Å². The summed E-state index contributed by atoms with van der Waals surface area (Å²) in [5.41, 5.74) is 6.95. The van der Waals surface area contributed by atoms with Crippen LogP contribution in [0.2, 0.25) is 5.02 Å². The molecule has 1 N–H and O–H groups in total. The molecule has 0 aliphatic carbocycles. The zero-order chi connectivity index (χ0) is 20.5. The van der Waals surface area contributed by atoms with Gasteiger partial charge >= 0.3 is 0 Å². The summed E-state index contributed by atoms with van der Waals surface area (Å²) >= 11 is 6.17. The summed E-state index contributed by atoms with van der Waals surface area (Å²) in [5, 5.41) is 8.19. The number of carbonyl (C=O) groups excluding carboxylic acids is 1. The lowest BCUT2D eigenvalue weighted by Gasteiger charge is -2.10. The maximum Gasteiger partial charge on any atom is 0.254 e. The molecule has 0 bridgehead atoms. The zero-order valence-electron chi connectivity index (χ0n) is 16.5. The summed E-state index contributed by atoms with van der Waals surface area (Å²) in [6, 6.07) is 15.7. The minimum absolute atomic E-state index is 0.206. The molecule has 146 valence electrons. The fourth-order valence-corrected chi connectivity index (χ4v) is 3.68. The Kier molecular flexibility index (Phi) is 5.07. The summed E-state index contributed by atoms with van der Waals surface area (Å²) < 4.78 is 1.75. The zero-order valence-corrected chi connectivity index (χ0v) is 17.3. The SMILES string of the molecule is Cc1cccc(-c2c(C)nn3c(C)c(C(=O)NCc4ccccc4Cl)cnc23)c1. The van der Waals surface area contributed by atoms with Gasteiger partial charge in [-0.05, 0) is 38.0 Å². The highest BCUT2D eigenvalue weighted by Gasteiger charge is 2.19. The van der Waals surface area contributed by atoms with Crippen LogP contribution in [0.3, 0.4) is 0 Å². The van der Waals surface area contributed by atoms with E-state index in [2.05, 4.69) is 40.5 Å². The molecule has 2 heterocycles. The van der Waals surface area contributed by atoms with Crippen LogP contribution in [0.25, 0.3) is 16.8 Å². The van der Waals surface area contributed by atoms with E-state index in [1.54, 1.807) is 16.8 Å². The van der Waals surface area contributed by atoms with Gasteiger partial charge in [0.05, 0.1) is 17.0 Å². The maximum atomic E-state index is 12.8. The monoisotopic (exact) mass is 404 g/mol. The van der Waals surface area contributed by atoms with Crippen molar-refractivity contribution >= 4 is 23.2 Å².